The number of fused-ring (bicyclic) bond motifs is 1. The number of phenolic OH excluding ortho intramolecular Hbond substituents is 2. The Morgan fingerprint density at radius 2 is 2.12 bits per heavy atom. The van der Waals surface area contributed by atoms with E-state index in [1.54, 1.807) is 24.1 Å². The van der Waals surface area contributed by atoms with Crippen molar-refractivity contribution < 1.29 is 14.7 Å². The second kappa shape index (κ2) is 5.58. The van der Waals surface area contributed by atoms with Gasteiger partial charge in [-0.2, -0.15) is 10.2 Å². The number of hydrogen-bond donors (Lipinski definition) is 2. The van der Waals surface area contributed by atoms with E-state index in [9.17, 15) is 10.2 Å². The quantitative estimate of drug-likeness (QED) is 0.553. The van der Waals surface area contributed by atoms with Crippen LogP contribution in [0.2, 0.25) is 0 Å². The number of rotatable bonds is 3. The van der Waals surface area contributed by atoms with Crippen LogP contribution in [0.5, 0.6) is 11.5 Å². The molecule has 1 unspecified atom stereocenters. The fourth-order valence-corrected chi connectivity index (χ4v) is 2.70. The van der Waals surface area contributed by atoms with Crippen molar-refractivity contribution in [2.24, 2.45) is 12.0 Å². The van der Waals surface area contributed by atoms with Gasteiger partial charge in [0, 0.05) is 30.6 Å². The lowest BCUT2D eigenvalue weighted by Crippen LogP contribution is -2.26. The molecule has 0 saturated carbocycles. The van der Waals surface area contributed by atoms with Gasteiger partial charge in [0.15, 0.2) is 0 Å². The molecule has 1 aliphatic heterocycles. The van der Waals surface area contributed by atoms with E-state index >= 15 is 4.48 Å². The molecular weight excluding hydrogens is 329 g/mol. The standard InChI is InChI=1S/C15H14FN7O2/c1-21-7-10(5-18-21)12-6-17-14-15(23(12)16)22(20-19-14)8-9-4-11(24)2-3-13(9)25/h2-7,12,24-25H,8H2,1H3. The van der Waals surface area contributed by atoms with E-state index in [-0.39, 0.29) is 29.7 Å². The number of aliphatic imine (C=N–C) groups is 1. The van der Waals surface area contributed by atoms with E-state index in [1.807, 2.05) is 0 Å². The van der Waals surface area contributed by atoms with Crippen LogP contribution in [-0.2, 0) is 13.6 Å². The molecule has 0 amide bonds. The summed E-state index contributed by atoms with van der Waals surface area (Å²) in [5.74, 6) is 0.169. The van der Waals surface area contributed by atoms with Gasteiger partial charge in [-0.1, -0.05) is 9.69 Å². The summed E-state index contributed by atoms with van der Waals surface area (Å²) in [4.78, 5) is 4.16. The van der Waals surface area contributed by atoms with Crippen LogP contribution in [0.3, 0.4) is 0 Å². The molecule has 9 nitrogen and oxygen atoms in total. The number of phenols is 2. The van der Waals surface area contributed by atoms with Crippen LogP contribution in [0.4, 0.5) is 16.1 Å². The molecule has 2 aromatic heterocycles. The molecule has 1 aliphatic rings. The van der Waals surface area contributed by atoms with E-state index in [0.29, 0.717) is 16.2 Å². The zero-order valence-electron chi connectivity index (χ0n) is 13.2. The maximum atomic E-state index is 15.0. The number of nitrogens with zero attached hydrogens (tertiary/aromatic N) is 7. The Morgan fingerprint density at radius 1 is 1.28 bits per heavy atom. The summed E-state index contributed by atoms with van der Waals surface area (Å²) in [6, 6.07) is 3.35. The first kappa shape index (κ1) is 15.1. The van der Waals surface area contributed by atoms with Crippen molar-refractivity contribution in [2.45, 2.75) is 12.6 Å². The Labute approximate surface area is 141 Å². The van der Waals surface area contributed by atoms with E-state index in [2.05, 4.69) is 20.4 Å². The molecule has 0 spiro atoms. The van der Waals surface area contributed by atoms with Crippen molar-refractivity contribution in [3.63, 3.8) is 0 Å². The third-order valence-electron chi connectivity index (χ3n) is 3.93. The lowest BCUT2D eigenvalue weighted by atomic mass is 10.1. The van der Waals surface area contributed by atoms with E-state index in [0.717, 1.165) is 0 Å². The molecule has 4 rings (SSSR count). The summed E-state index contributed by atoms with van der Waals surface area (Å²) >= 11 is 0. The van der Waals surface area contributed by atoms with Gasteiger partial charge in [-0.15, -0.1) is 5.10 Å². The van der Waals surface area contributed by atoms with Crippen LogP contribution in [0, 0.1) is 0 Å². The van der Waals surface area contributed by atoms with Gasteiger partial charge >= 0.3 is 0 Å². The highest BCUT2D eigenvalue weighted by Gasteiger charge is 2.31. The zero-order valence-corrected chi connectivity index (χ0v) is 13.2. The summed E-state index contributed by atoms with van der Waals surface area (Å²) in [6.45, 7) is 0.0261. The SMILES string of the molecule is Cn1cc(C2C=Nc3nnn(Cc4cc(O)ccc4O)c3N2F)cn1. The smallest absolute Gasteiger partial charge is 0.221 e. The van der Waals surface area contributed by atoms with Crippen molar-refractivity contribution in [3.05, 3.63) is 41.7 Å². The number of aryl methyl sites for hydroxylation is 1. The molecule has 3 aromatic rings. The van der Waals surface area contributed by atoms with Gasteiger partial charge in [-0.05, 0) is 18.2 Å². The van der Waals surface area contributed by atoms with Gasteiger partial charge in [0.2, 0.25) is 11.6 Å². The average Bonchev–Trinajstić information content (AvgIpc) is 3.18. The Balaban J connectivity index is 1.69. The second-order valence-corrected chi connectivity index (χ2v) is 5.69. The average molecular weight is 343 g/mol. The van der Waals surface area contributed by atoms with Crippen LogP contribution < -0.4 is 5.12 Å². The van der Waals surface area contributed by atoms with Gasteiger partial charge in [0.25, 0.3) is 0 Å². The van der Waals surface area contributed by atoms with Crippen molar-refractivity contribution >= 4 is 17.9 Å². The van der Waals surface area contributed by atoms with Gasteiger partial charge in [-0.25, -0.2) is 9.67 Å². The number of anilines is 1. The number of aromatic nitrogens is 5. The molecule has 2 N–H and O–H groups in total. The fraction of sp³-hybridized carbons (Fsp3) is 0.200. The van der Waals surface area contributed by atoms with Gasteiger partial charge in [0.1, 0.15) is 17.5 Å². The highest BCUT2D eigenvalue weighted by atomic mass is 19.2. The van der Waals surface area contributed by atoms with E-state index in [1.165, 1.54) is 29.1 Å². The second-order valence-electron chi connectivity index (χ2n) is 5.69. The van der Waals surface area contributed by atoms with Crippen LogP contribution in [-0.4, -0.2) is 41.2 Å². The summed E-state index contributed by atoms with van der Waals surface area (Å²) < 4.78 is 17.9. The molecule has 0 saturated heterocycles. The molecule has 3 heterocycles. The molecule has 128 valence electrons. The van der Waals surface area contributed by atoms with Crippen LogP contribution >= 0.6 is 0 Å². The first-order valence-electron chi connectivity index (χ1n) is 7.45. The van der Waals surface area contributed by atoms with Crippen molar-refractivity contribution in [1.29, 1.82) is 0 Å². The molecule has 0 bridgehead atoms. The third kappa shape index (κ3) is 2.57. The summed E-state index contributed by atoms with van der Waals surface area (Å²) in [6.07, 6.45) is 4.69. The predicted octanol–water partition coefficient (Wildman–Crippen LogP) is 1.62. The maximum Gasteiger partial charge on any atom is 0.221 e. The highest BCUT2D eigenvalue weighted by molar-refractivity contribution is 5.81. The Kier molecular flexibility index (Phi) is 3.38. The molecule has 25 heavy (non-hydrogen) atoms. The van der Waals surface area contributed by atoms with Gasteiger partial charge < -0.3 is 10.2 Å². The van der Waals surface area contributed by atoms with Crippen LogP contribution in [0.1, 0.15) is 17.2 Å². The molecule has 1 atom stereocenters. The summed E-state index contributed by atoms with van der Waals surface area (Å²) in [5, 5.41) is 31.8. The van der Waals surface area contributed by atoms with Gasteiger partial charge in [0.05, 0.1) is 12.7 Å². The van der Waals surface area contributed by atoms with Crippen LogP contribution in [0.25, 0.3) is 0 Å². The van der Waals surface area contributed by atoms with Gasteiger partial charge in [-0.3, -0.25) is 4.68 Å². The van der Waals surface area contributed by atoms with E-state index < -0.39 is 6.04 Å². The summed E-state index contributed by atoms with van der Waals surface area (Å²) in [5.41, 5.74) is 1.01. The van der Waals surface area contributed by atoms with Crippen molar-refractivity contribution in [2.75, 3.05) is 5.12 Å². The molecule has 0 radical (unpaired) electrons. The minimum atomic E-state index is -0.753. The highest BCUT2D eigenvalue weighted by Crippen LogP contribution is 2.37. The summed E-state index contributed by atoms with van der Waals surface area (Å²) in [7, 11) is 1.74. The largest absolute Gasteiger partial charge is 0.508 e. The first-order valence-corrected chi connectivity index (χ1v) is 7.45. The number of halogens is 1. The van der Waals surface area contributed by atoms with E-state index in [4.69, 9.17) is 0 Å². The topological polar surface area (TPSA) is 105 Å². The number of benzene rings is 1. The molecule has 10 heteroatoms. The first-order chi connectivity index (χ1) is 12.0. The Hall–Kier alpha value is -3.43. The lowest BCUT2D eigenvalue weighted by Gasteiger charge is -2.24. The number of hydrogen-bond acceptors (Lipinski definition) is 7. The maximum absolute atomic E-state index is 15.0. The molecule has 0 aliphatic carbocycles. The van der Waals surface area contributed by atoms with Crippen LogP contribution in [0.15, 0.2) is 35.6 Å². The Bertz CT molecular complexity index is 965. The zero-order chi connectivity index (χ0) is 17.6. The third-order valence-corrected chi connectivity index (χ3v) is 3.93. The predicted molar refractivity (Wildman–Crippen MR) is 86.6 cm³/mol. The fourth-order valence-electron chi connectivity index (χ4n) is 2.70. The molecule has 1 aromatic carbocycles. The number of aromatic hydroxyl groups is 2. The van der Waals surface area contributed by atoms with Crippen molar-refractivity contribution in [1.82, 2.24) is 24.8 Å². The normalized spacial score (nSPS) is 16.2. The van der Waals surface area contributed by atoms with Crippen molar-refractivity contribution in [3.8, 4) is 11.5 Å². The molecular formula is C15H14FN7O2. The molecule has 0 fully saturated rings. The minimum absolute atomic E-state index is 0.00913. The monoisotopic (exact) mass is 343 g/mol. The minimum Gasteiger partial charge on any atom is -0.508 e. The lowest BCUT2D eigenvalue weighted by molar-refractivity contribution is 0.394. The Morgan fingerprint density at radius 3 is 2.88 bits per heavy atom.